The van der Waals surface area contributed by atoms with Crippen LogP contribution in [0.4, 0.5) is 0 Å². The van der Waals surface area contributed by atoms with Gasteiger partial charge in [-0.1, -0.05) is 36.4 Å². The first-order valence-corrected chi connectivity index (χ1v) is 12.2. The van der Waals surface area contributed by atoms with Gasteiger partial charge in [0.2, 0.25) is 5.91 Å². The Hall–Kier alpha value is -2.66. The number of thiazole rings is 1. The first-order valence-electron chi connectivity index (χ1n) is 11.3. The van der Waals surface area contributed by atoms with Crippen LogP contribution in [0.1, 0.15) is 55.5 Å². The molecule has 1 unspecified atom stereocenters. The Kier molecular flexibility index (Phi) is 5.77. The van der Waals surface area contributed by atoms with Gasteiger partial charge in [-0.25, -0.2) is 4.98 Å². The van der Waals surface area contributed by atoms with E-state index in [0.29, 0.717) is 19.1 Å². The van der Waals surface area contributed by atoms with Gasteiger partial charge in [-0.15, -0.1) is 11.3 Å². The third-order valence-electron chi connectivity index (χ3n) is 6.20. The molecule has 2 aromatic carbocycles. The molecule has 5 rings (SSSR count). The fraction of sp³-hybridized carbons (Fsp3) is 0.385. The number of carbonyl (C=O) groups is 1. The molecule has 1 atom stereocenters. The summed E-state index contributed by atoms with van der Waals surface area (Å²) in [6.07, 6.45) is 5.93. The predicted octanol–water partition coefficient (Wildman–Crippen LogP) is 5.82. The fourth-order valence-corrected chi connectivity index (χ4v) is 5.53. The normalized spacial score (nSPS) is 17.8. The zero-order valence-electron chi connectivity index (χ0n) is 17.9. The number of amides is 1. The van der Waals surface area contributed by atoms with Gasteiger partial charge >= 0.3 is 0 Å². The van der Waals surface area contributed by atoms with Crippen LogP contribution < -0.4 is 4.74 Å². The SMILES string of the molecule is CCOc1ccccc1-c1nc(CC(=O)N(C2CC2)C2CCCc3ccccc32)cs1. The molecule has 1 saturated carbocycles. The van der Waals surface area contributed by atoms with E-state index in [1.54, 1.807) is 11.3 Å². The summed E-state index contributed by atoms with van der Waals surface area (Å²) in [4.78, 5) is 20.5. The minimum Gasteiger partial charge on any atom is -0.493 e. The van der Waals surface area contributed by atoms with Gasteiger partial charge in [0.05, 0.1) is 30.3 Å². The van der Waals surface area contributed by atoms with Gasteiger partial charge < -0.3 is 9.64 Å². The zero-order chi connectivity index (χ0) is 21.2. The van der Waals surface area contributed by atoms with Crippen LogP contribution in [-0.4, -0.2) is 28.4 Å². The average Bonchev–Trinajstić information content (AvgIpc) is 3.52. The van der Waals surface area contributed by atoms with Crippen LogP contribution in [0.3, 0.4) is 0 Å². The van der Waals surface area contributed by atoms with Crippen LogP contribution in [0, 0.1) is 0 Å². The lowest BCUT2D eigenvalue weighted by Gasteiger charge is -2.36. The molecule has 1 heterocycles. The molecule has 0 bridgehead atoms. The predicted molar refractivity (Wildman–Crippen MR) is 124 cm³/mol. The van der Waals surface area contributed by atoms with Crippen LogP contribution >= 0.6 is 11.3 Å². The van der Waals surface area contributed by atoms with Crippen molar-refractivity contribution in [2.75, 3.05) is 6.61 Å². The number of hydrogen-bond donors (Lipinski definition) is 0. The quantitative estimate of drug-likeness (QED) is 0.472. The third kappa shape index (κ3) is 4.24. The first kappa shape index (κ1) is 20.3. The van der Waals surface area contributed by atoms with E-state index in [0.717, 1.165) is 54.1 Å². The number of benzene rings is 2. The summed E-state index contributed by atoms with van der Waals surface area (Å²) in [6, 6.07) is 17.2. The summed E-state index contributed by atoms with van der Waals surface area (Å²) in [6.45, 7) is 2.60. The second-order valence-corrected chi connectivity index (χ2v) is 9.25. The van der Waals surface area contributed by atoms with Gasteiger partial charge in [0.25, 0.3) is 0 Å². The molecule has 2 aliphatic rings. The molecular formula is C26H28N2O2S. The maximum Gasteiger partial charge on any atom is 0.229 e. The number of aryl methyl sites for hydroxylation is 1. The molecular weight excluding hydrogens is 404 g/mol. The number of hydrogen-bond acceptors (Lipinski definition) is 4. The monoisotopic (exact) mass is 432 g/mol. The lowest BCUT2D eigenvalue weighted by molar-refractivity contribution is -0.134. The van der Waals surface area contributed by atoms with E-state index in [9.17, 15) is 4.79 Å². The molecule has 1 aromatic heterocycles. The highest BCUT2D eigenvalue weighted by Crippen LogP contribution is 2.41. The molecule has 4 nitrogen and oxygen atoms in total. The highest BCUT2D eigenvalue weighted by atomic mass is 32.1. The molecule has 0 N–H and O–H groups in total. The van der Waals surface area contributed by atoms with Crippen molar-refractivity contribution >= 4 is 17.2 Å². The number of para-hydroxylation sites is 1. The molecule has 0 aliphatic heterocycles. The molecule has 1 fully saturated rings. The largest absolute Gasteiger partial charge is 0.493 e. The van der Waals surface area contributed by atoms with Crippen molar-refractivity contribution in [2.24, 2.45) is 0 Å². The van der Waals surface area contributed by atoms with E-state index in [4.69, 9.17) is 9.72 Å². The molecule has 3 aromatic rings. The van der Waals surface area contributed by atoms with Crippen molar-refractivity contribution < 1.29 is 9.53 Å². The van der Waals surface area contributed by atoms with E-state index >= 15 is 0 Å². The van der Waals surface area contributed by atoms with Gasteiger partial charge in [-0.05, 0) is 62.3 Å². The molecule has 1 amide bonds. The summed E-state index contributed by atoms with van der Waals surface area (Å²) in [5.74, 6) is 1.05. The molecule has 0 saturated heterocycles. The molecule has 2 aliphatic carbocycles. The Labute approximate surface area is 187 Å². The number of aromatic nitrogens is 1. The van der Waals surface area contributed by atoms with Gasteiger partial charge in [-0.2, -0.15) is 0 Å². The van der Waals surface area contributed by atoms with Crippen LogP contribution in [0.2, 0.25) is 0 Å². The van der Waals surface area contributed by atoms with Gasteiger partial charge in [-0.3, -0.25) is 4.79 Å². The lowest BCUT2D eigenvalue weighted by atomic mass is 9.86. The van der Waals surface area contributed by atoms with Gasteiger partial charge in [0.15, 0.2) is 0 Å². The van der Waals surface area contributed by atoms with Crippen molar-refractivity contribution in [3.8, 4) is 16.3 Å². The molecule has 0 spiro atoms. The number of fused-ring (bicyclic) bond motifs is 1. The van der Waals surface area contributed by atoms with Crippen molar-refractivity contribution in [1.29, 1.82) is 0 Å². The number of nitrogens with zero attached hydrogens (tertiary/aromatic N) is 2. The van der Waals surface area contributed by atoms with Gasteiger partial charge in [0, 0.05) is 11.4 Å². The first-order chi connectivity index (χ1) is 15.2. The average molecular weight is 433 g/mol. The van der Waals surface area contributed by atoms with Crippen LogP contribution in [0.25, 0.3) is 10.6 Å². The standard InChI is InChI=1S/C26H28N2O2S/c1-2-30-24-13-6-5-11-22(24)26-27-19(17-31-26)16-25(29)28(20-14-15-20)23-12-7-9-18-8-3-4-10-21(18)23/h3-6,8,10-11,13,17,20,23H,2,7,9,12,14-16H2,1H3. The number of ether oxygens (including phenoxy) is 1. The maximum absolute atomic E-state index is 13.5. The van der Waals surface area contributed by atoms with Crippen molar-refractivity contribution in [3.05, 3.63) is 70.7 Å². The Morgan fingerprint density at radius 1 is 1.13 bits per heavy atom. The minimum atomic E-state index is 0.208. The molecule has 31 heavy (non-hydrogen) atoms. The summed E-state index contributed by atoms with van der Waals surface area (Å²) >= 11 is 1.58. The Bertz CT molecular complexity index is 1070. The highest BCUT2D eigenvalue weighted by Gasteiger charge is 2.39. The third-order valence-corrected chi connectivity index (χ3v) is 7.13. The number of carbonyl (C=O) groups excluding carboxylic acids is 1. The van der Waals surface area contributed by atoms with Crippen LogP contribution in [0.15, 0.2) is 53.9 Å². The minimum absolute atomic E-state index is 0.208. The summed E-state index contributed by atoms with van der Waals surface area (Å²) in [7, 11) is 0. The van der Waals surface area contributed by atoms with E-state index in [1.807, 2.05) is 36.6 Å². The van der Waals surface area contributed by atoms with E-state index in [-0.39, 0.29) is 11.9 Å². The number of rotatable bonds is 7. The van der Waals surface area contributed by atoms with Crippen molar-refractivity contribution in [1.82, 2.24) is 9.88 Å². The van der Waals surface area contributed by atoms with Crippen molar-refractivity contribution in [3.63, 3.8) is 0 Å². The Balaban J connectivity index is 1.37. The van der Waals surface area contributed by atoms with E-state index < -0.39 is 0 Å². The van der Waals surface area contributed by atoms with E-state index in [2.05, 4.69) is 29.2 Å². The highest BCUT2D eigenvalue weighted by molar-refractivity contribution is 7.13. The summed E-state index contributed by atoms with van der Waals surface area (Å²) < 4.78 is 5.76. The Morgan fingerprint density at radius 2 is 1.94 bits per heavy atom. The maximum atomic E-state index is 13.5. The zero-order valence-corrected chi connectivity index (χ0v) is 18.7. The van der Waals surface area contributed by atoms with E-state index in [1.165, 1.54) is 11.1 Å². The second-order valence-electron chi connectivity index (χ2n) is 8.39. The van der Waals surface area contributed by atoms with Gasteiger partial charge in [0.1, 0.15) is 10.8 Å². The van der Waals surface area contributed by atoms with Crippen LogP contribution in [-0.2, 0) is 17.6 Å². The Morgan fingerprint density at radius 3 is 2.77 bits per heavy atom. The molecule has 0 radical (unpaired) electrons. The smallest absolute Gasteiger partial charge is 0.229 e. The summed E-state index contributed by atoms with van der Waals surface area (Å²) in [5.41, 5.74) is 4.60. The topological polar surface area (TPSA) is 42.4 Å². The van der Waals surface area contributed by atoms with Crippen molar-refractivity contribution in [2.45, 2.75) is 57.5 Å². The lowest BCUT2D eigenvalue weighted by Crippen LogP contribution is -2.39. The van der Waals surface area contributed by atoms with Crippen LogP contribution in [0.5, 0.6) is 5.75 Å². The molecule has 5 heteroatoms. The fourth-order valence-electron chi connectivity index (χ4n) is 4.68. The summed E-state index contributed by atoms with van der Waals surface area (Å²) in [5, 5.41) is 2.93. The molecule has 160 valence electrons. The second kappa shape index (κ2) is 8.83.